The molecule has 0 saturated carbocycles. The van der Waals surface area contributed by atoms with Crippen molar-refractivity contribution < 1.29 is 4.74 Å². The van der Waals surface area contributed by atoms with Gasteiger partial charge in [-0.2, -0.15) is 0 Å². The molecule has 2 aliphatic rings. The second-order valence-electron chi connectivity index (χ2n) is 6.85. The monoisotopic (exact) mass is 302 g/mol. The summed E-state index contributed by atoms with van der Waals surface area (Å²) in [5.74, 6) is 0. The van der Waals surface area contributed by atoms with E-state index in [1.165, 1.54) is 44.3 Å². The summed E-state index contributed by atoms with van der Waals surface area (Å²) in [6.07, 6.45) is 6.30. The summed E-state index contributed by atoms with van der Waals surface area (Å²) in [6.45, 7) is 5.60. The van der Waals surface area contributed by atoms with Gasteiger partial charge in [0.2, 0.25) is 0 Å². The van der Waals surface area contributed by atoms with Gasteiger partial charge in [0.25, 0.3) is 0 Å². The highest BCUT2D eigenvalue weighted by Crippen LogP contribution is 2.22. The zero-order valence-corrected chi connectivity index (χ0v) is 13.9. The van der Waals surface area contributed by atoms with E-state index in [1.54, 1.807) is 0 Å². The fraction of sp³-hybridized carbons (Fsp3) is 0.684. The number of hydrogen-bond donors (Lipinski definition) is 0. The van der Waals surface area contributed by atoms with E-state index < -0.39 is 0 Å². The van der Waals surface area contributed by atoms with Crippen molar-refractivity contribution in [3.63, 3.8) is 0 Å². The molecule has 3 heteroatoms. The fourth-order valence-electron chi connectivity index (χ4n) is 3.86. The molecule has 0 amide bonds. The molecule has 2 saturated heterocycles. The maximum absolute atomic E-state index is 5.52. The third kappa shape index (κ3) is 4.31. The standard InChI is InChI=1S/C19H30N2O/c1-20(13-9-17-6-3-2-4-7-17)19-8-5-12-21(16-19)18-10-14-22-15-11-18/h2-4,6-7,18-19H,5,8-16H2,1H3. The van der Waals surface area contributed by atoms with Crippen LogP contribution in [0.15, 0.2) is 30.3 Å². The first-order valence-corrected chi connectivity index (χ1v) is 8.89. The lowest BCUT2D eigenvalue weighted by atomic mass is 9.99. The van der Waals surface area contributed by atoms with E-state index in [0.717, 1.165) is 38.3 Å². The predicted molar refractivity (Wildman–Crippen MR) is 91.2 cm³/mol. The zero-order chi connectivity index (χ0) is 15.2. The molecule has 0 aliphatic carbocycles. The number of ether oxygens (including phenoxy) is 1. The molecule has 1 aromatic carbocycles. The lowest BCUT2D eigenvalue weighted by Crippen LogP contribution is -2.51. The van der Waals surface area contributed by atoms with Crippen LogP contribution in [0.1, 0.15) is 31.2 Å². The number of hydrogen-bond acceptors (Lipinski definition) is 3. The van der Waals surface area contributed by atoms with Crippen molar-refractivity contribution in [1.82, 2.24) is 9.80 Å². The second-order valence-corrected chi connectivity index (χ2v) is 6.85. The first-order valence-electron chi connectivity index (χ1n) is 8.89. The molecule has 0 spiro atoms. The van der Waals surface area contributed by atoms with Crippen LogP contribution in [-0.2, 0) is 11.2 Å². The van der Waals surface area contributed by atoms with E-state index in [9.17, 15) is 0 Å². The van der Waals surface area contributed by atoms with E-state index in [-0.39, 0.29) is 0 Å². The van der Waals surface area contributed by atoms with E-state index in [2.05, 4.69) is 47.2 Å². The van der Waals surface area contributed by atoms with Crippen LogP contribution in [0.25, 0.3) is 0 Å². The van der Waals surface area contributed by atoms with Crippen LogP contribution in [0.3, 0.4) is 0 Å². The number of likely N-dealkylation sites (N-methyl/N-ethyl adjacent to an activating group) is 1. The van der Waals surface area contributed by atoms with Gasteiger partial charge in [-0.05, 0) is 51.3 Å². The quantitative estimate of drug-likeness (QED) is 0.832. The maximum Gasteiger partial charge on any atom is 0.0480 e. The average Bonchev–Trinajstić information content (AvgIpc) is 2.61. The van der Waals surface area contributed by atoms with Crippen LogP contribution in [0, 0.1) is 0 Å². The fourth-order valence-corrected chi connectivity index (χ4v) is 3.86. The van der Waals surface area contributed by atoms with Crippen LogP contribution >= 0.6 is 0 Å². The molecule has 3 nitrogen and oxygen atoms in total. The van der Waals surface area contributed by atoms with Gasteiger partial charge < -0.3 is 9.64 Å². The van der Waals surface area contributed by atoms with Crippen molar-refractivity contribution in [3.05, 3.63) is 35.9 Å². The largest absolute Gasteiger partial charge is 0.381 e. The number of rotatable bonds is 5. The number of piperidine rings is 1. The van der Waals surface area contributed by atoms with Gasteiger partial charge in [-0.1, -0.05) is 30.3 Å². The van der Waals surface area contributed by atoms with E-state index >= 15 is 0 Å². The van der Waals surface area contributed by atoms with E-state index in [1.807, 2.05) is 0 Å². The van der Waals surface area contributed by atoms with Crippen LogP contribution in [0.4, 0.5) is 0 Å². The van der Waals surface area contributed by atoms with Gasteiger partial charge in [-0.25, -0.2) is 0 Å². The van der Waals surface area contributed by atoms with Crippen LogP contribution in [0.5, 0.6) is 0 Å². The van der Waals surface area contributed by atoms with Crippen LogP contribution in [-0.4, -0.2) is 61.8 Å². The first kappa shape index (κ1) is 16.0. The second kappa shape index (κ2) is 8.09. The molecule has 1 unspecified atom stereocenters. The average molecular weight is 302 g/mol. The lowest BCUT2D eigenvalue weighted by molar-refractivity contribution is 0.0104. The van der Waals surface area contributed by atoms with E-state index in [0.29, 0.717) is 0 Å². The molecule has 3 rings (SSSR count). The Morgan fingerprint density at radius 2 is 1.91 bits per heavy atom. The topological polar surface area (TPSA) is 15.7 Å². The third-order valence-corrected chi connectivity index (χ3v) is 5.35. The Morgan fingerprint density at radius 3 is 2.68 bits per heavy atom. The van der Waals surface area contributed by atoms with Gasteiger partial charge in [-0.15, -0.1) is 0 Å². The minimum absolute atomic E-state index is 0.723. The van der Waals surface area contributed by atoms with Gasteiger partial charge in [0.15, 0.2) is 0 Å². The highest BCUT2D eigenvalue weighted by molar-refractivity contribution is 5.14. The zero-order valence-electron chi connectivity index (χ0n) is 13.9. The Bertz CT molecular complexity index is 430. The Kier molecular flexibility index (Phi) is 5.88. The van der Waals surface area contributed by atoms with Gasteiger partial charge in [-0.3, -0.25) is 4.90 Å². The van der Waals surface area contributed by atoms with E-state index in [4.69, 9.17) is 4.74 Å². The third-order valence-electron chi connectivity index (χ3n) is 5.35. The highest BCUT2D eigenvalue weighted by Gasteiger charge is 2.28. The number of nitrogens with zero attached hydrogens (tertiary/aromatic N) is 2. The summed E-state index contributed by atoms with van der Waals surface area (Å²) in [6, 6.07) is 12.3. The summed E-state index contributed by atoms with van der Waals surface area (Å²) >= 11 is 0. The molecular weight excluding hydrogens is 272 g/mol. The Balaban J connectivity index is 1.48. The molecular formula is C19H30N2O. The number of benzene rings is 1. The van der Waals surface area contributed by atoms with Gasteiger partial charge in [0.1, 0.15) is 0 Å². The summed E-state index contributed by atoms with van der Waals surface area (Å²) in [7, 11) is 2.31. The normalized spacial score (nSPS) is 24.7. The first-order chi connectivity index (χ1) is 10.8. The lowest BCUT2D eigenvalue weighted by Gasteiger charge is -2.42. The van der Waals surface area contributed by atoms with Gasteiger partial charge >= 0.3 is 0 Å². The molecule has 0 aromatic heterocycles. The maximum atomic E-state index is 5.52. The Labute approximate surface area is 135 Å². The summed E-state index contributed by atoms with van der Waals surface area (Å²) in [5, 5.41) is 0. The van der Waals surface area contributed by atoms with Gasteiger partial charge in [0.05, 0.1) is 0 Å². The molecule has 2 heterocycles. The number of likely N-dealkylation sites (tertiary alicyclic amines) is 1. The molecule has 0 bridgehead atoms. The molecule has 22 heavy (non-hydrogen) atoms. The van der Waals surface area contributed by atoms with Crippen LogP contribution < -0.4 is 0 Å². The highest BCUT2D eigenvalue weighted by atomic mass is 16.5. The molecule has 0 radical (unpaired) electrons. The van der Waals surface area contributed by atoms with Crippen molar-refractivity contribution in [1.29, 1.82) is 0 Å². The van der Waals surface area contributed by atoms with Crippen molar-refractivity contribution >= 4 is 0 Å². The summed E-state index contributed by atoms with van der Waals surface area (Å²) in [5.41, 5.74) is 1.45. The minimum atomic E-state index is 0.723. The summed E-state index contributed by atoms with van der Waals surface area (Å²) < 4.78 is 5.52. The Hall–Kier alpha value is -0.900. The SMILES string of the molecule is CN(CCc1ccccc1)C1CCCN(C2CCOCC2)C1. The van der Waals surface area contributed by atoms with Crippen molar-refractivity contribution in [2.24, 2.45) is 0 Å². The molecule has 1 atom stereocenters. The van der Waals surface area contributed by atoms with Gasteiger partial charge in [0, 0.05) is 38.4 Å². The van der Waals surface area contributed by atoms with Crippen molar-refractivity contribution in [2.45, 2.75) is 44.2 Å². The van der Waals surface area contributed by atoms with Crippen molar-refractivity contribution in [3.8, 4) is 0 Å². The smallest absolute Gasteiger partial charge is 0.0480 e. The summed E-state index contributed by atoms with van der Waals surface area (Å²) in [4.78, 5) is 5.31. The van der Waals surface area contributed by atoms with Crippen molar-refractivity contribution in [2.75, 3.05) is 39.9 Å². The molecule has 2 fully saturated rings. The Morgan fingerprint density at radius 1 is 1.14 bits per heavy atom. The molecule has 2 aliphatic heterocycles. The molecule has 0 N–H and O–H groups in total. The van der Waals surface area contributed by atoms with Crippen LogP contribution in [0.2, 0.25) is 0 Å². The molecule has 122 valence electrons. The minimum Gasteiger partial charge on any atom is -0.381 e. The predicted octanol–water partition coefficient (Wildman–Crippen LogP) is 2.80. The molecule has 1 aromatic rings.